The van der Waals surface area contributed by atoms with E-state index in [2.05, 4.69) is 32.2 Å². The lowest BCUT2D eigenvalue weighted by atomic mass is 9.96. The molecule has 0 aliphatic heterocycles. The first-order chi connectivity index (χ1) is 9.88. The molecule has 5 heteroatoms. The van der Waals surface area contributed by atoms with Crippen molar-refractivity contribution in [3.63, 3.8) is 0 Å². The lowest BCUT2D eigenvalue weighted by Gasteiger charge is -2.09. The quantitative estimate of drug-likeness (QED) is 0.727. The van der Waals surface area contributed by atoms with Crippen molar-refractivity contribution in [2.75, 3.05) is 0 Å². The van der Waals surface area contributed by atoms with Gasteiger partial charge < -0.3 is 4.52 Å². The van der Waals surface area contributed by atoms with Crippen molar-refractivity contribution in [3.05, 3.63) is 60.4 Å². The zero-order valence-electron chi connectivity index (χ0n) is 10.7. The molecule has 0 spiro atoms. The first-order valence-electron chi connectivity index (χ1n) is 6.55. The number of hydrogen-bond acceptors (Lipinski definition) is 5. The lowest BCUT2D eigenvalue weighted by molar-refractivity contribution is 0.360. The highest BCUT2D eigenvalue weighted by Crippen LogP contribution is 2.52. The molecule has 20 heavy (non-hydrogen) atoms. The molecule has 1 aliphatic rings. The van der Waals surface area contributed by atoms with Crippen LogP contribution >= 0.6 is 0 Å². The van der Waals surface area contributed by atoms with Crippen molar-refractivity contribution < 1.29 is 4.52 Å². The zero-order chi connectivity index (χ0) is 13.4. The topological polar surface area (TPSA) is 64.7 Å². The van der Waals surface area contributed by atoms with Gasteiger partial charge in [0.15, 0.2) is 0 Å². The number of hydrogen-bond donors (Lipinski definition) is 0. The third-order valence-corrected chi connectivity index (χ3v) is 3.70. The summed E-state index contributed by atoms with van der Waals surface area (Å²) in [4.78, 5) is 12.7. The molecule has 1 fully saturated rings. The molecule has 2 aromatic heterocycles. The molecule has 0 atom stereocenters. The average molecular weight is 264 g/mol. The lowest BCUT2D eigenvalue weighted by Crippen LogP contribution is -2.08. The molecule has 4 rings (SSSR count). The summed E-state index contributed by atoms with van der Waals surface area (Å²) in [5.74, 6) is 1.17. The second kappa shape index (κ2) is 4.23. The maximum atomic E-state index is 5.47. The van der Waals surface area contributed by atoms with Gasteiger partial charge in [-0.05, 0) is 18.4 Å². The van der Waals surface area contributed by atoms with Gasteiger partial charge in [-0.2, -0.15) is 4.98 Å². The minimum Gasteiger partial charge on any atom is -0.338 e. The van der Waals surface area contributed by atoms with Gasteiger partial charge in [0, 0.05) is 12.4 Å². The van der Waals surface area contributed by atoms with E-state index in [0.717, 1.165) is 12.8 Å². The Hall–Kier alpha value is -2.56. The van der Waals surface area contributed by atoms with Gasteiger partial charge in [-0.25, -0.2) is 4.98 Å². The van der Waals surface area contributed by atoms with E-state index in [1.807, 2.05) is 18.2 Å². The van der Waals surface area contributed by atoms with Crippen LogP contribution in [0.5, 0.6) is 0 Å². The number of aromatic nitrogens is 4. The Labute approximate surface area is 115 Å². The molecule has 1 aromatic carbocycles. The van der Waals surface area contributed by atoms with Crippen LogP contribution in [0.4, 0.5) is 0 Å². The van der Waals surface area contributed by atoms with E-state index in [4.69, 9.17) is 4.52 Å². The molecule has 98 valence electrons. The SMILES string of the molecule is c1ccc(C2(c3nc(-c4cnccn4)no3)CC2)cc1. The summed E-state index contributed by atoms with van der Waals surface area (Å²) in [5.41, 5.74) is 1.76. The predicted molar refractivity (Wildman–Crippen MR) is 71.8 cm³/mol. The fraction of sp³-hybridized carbons (Fsp3) is 0.200. The van der Waals surface area contributed by atoms with Gasteiger partial charge in [0.1, 0.15) is 5.69 Å². The summed E-state index contributed by atoms with van der Waals surface area (Å²) in [5, 5.41) is 4.03. The van der Waals surface area contributed by atoms with Gasteiger partial charge in [0.25, 0.3) is 0 Å². The van der Waals surface area contributed by atoms with Crippen LogP contribution in [0.3, 0.4) is 0 Å². The van der Waals surface area contributed by atoms with E-state index >= 15 is 0 Å². The molecule has 3 aromatic rings. The van der Waals surface area contributed by atoms with Crippen LogP contribution in [0, 0.1) is 0 Å². The van der Waals surface area contributed by atoms with Crippen molar-refractivity contribution in [2.45, 2.75) is 18.3 Å². The van der Waals surface area contributed by atoms with E-state index in [-0.39, 0.29) is 5.41 Å². The highest BCUT2D eigenvalue weighted by Gasteiger charge is 2.50. The van der Waals surface area contributed by atoms with E-state index in [0.29, 0.717) is 17.4 Å². The zero-order valence-corrected chi connectivity index (χ0v) is 10.7. The molecule has 0 N–H and O–H groups in total. The standard InChI is InChI=1S/C15H12N4O/c1-2-4-11(5-3-1)15(6-7-15)14-18-13(19-20-14)12-10-16-8-9-17-12/h1-5,8-10H,6-7H2. The van der Waals surface area contributed by atoms with Gasteiger partial charge in [0.2, 0.25) is 11.7 Å². The van der Waals surface area contributed by atoms with Crippen molar-refractivity contribution in [1.29, 1.82) is 0 Å². The maximum absolute atomic E-state index is 5.47. The van der Waals surface area contributed by atoms with E-state index in [1.165, 1.54) is 5.56 Å². The molecule has 5 nitrogen and oxygen atoms in total. The predicted octanol–water partition coefficient (Wildman–Crippen LogP) is 2.61. The van der Waals surface area contributed by atoms with Crippen molar-refractivity contribution in [1.82, 2.24) is 20.1 Å². The van der Waals surface area contributed by atoms with E-state index in [1.54, 1.807) is 18.6 Å². The van der Waals surface area contributed by atoms with Crippen LogP contribution in [0.1, 0.15) is 24.3 Å². The Morgan fingerprint density at radius 1 is 1.05 bits per heavy atom. The van der Waals surface area contributed by atoms with Crippen LogP contribution < -0.4 is 0 Å². The fourth-order valence-corrected chi connectivity index (χ4v) is 2.44. The van der Waals surface area contributed by atoms with Gasteiger partial charge in [-0.1, -0.05) is 35.5 Å². The molecule has 0 amide bonds. The molecule has 2 heterocycles. The average Bonchev–Trinajstić information content (AvgIpc) is 3.19. The number of rotatable bonds is 3. The maximum Gasteiger partial charge on any atom is 0.237 e. The Morgan fingerprint density at radius 2 is 1.90 bits per heavy atom. The first kappa shape index (κ1) is 11.3. The molecule has 1 saturated carbocycles. The Kier molecular flexibility index (Phi) is 2.39. The van der Waals surface area contributed by atoms with Gasteiger partial charge in [0.05, 0.1) is 11.6 Å². The Bertz CT molecular complexity index is 720. The summed E-state index contributed by atoms with van der Waals surface area (Å²) < 4.78 is 5.47. The minimum atomic E-state index is -0.102. The van der Waals surface area contributed by atoms with Crippen molar-refractivity contribution in [2.24, 2.45) is 0 Å². The Balaban J connectivity index is 1.73. The second-order valence-electron chi connectivity index (χ2n) is 4.96. The smallest absolute Gasteiger partial charge is 0.237 e. The summed E-state index contributed by atoms with van der Waals surface area (Å²) in [6, 6.07) is 10.3. The molecular weight excluding hydrogens is 252 g/mol. The van der Waals surface area contributed by atoms with E-state index < -0.39 is 0 Å². The summed E-state index contributed by atoms with van der Waals surface area (Å²) in [6.45, 7) is 0. The van der Waals surface area contributed by atoms with E-state index in [9.17, 15) is 0 Å². The minimum absolute atomic E-state index is 0.102. The highest BCUT2D eigenvalue weighted by atomic mass is 16.5. The van der Waals surface area contributed by atoms with Crippen molar-refractivity contribution >= 4 is 0 Å². The monoisotopic (exact) mass is 264 g/mol. The van der Waals surface area contributed by atoms with Crippen LogP contribution in [-0.4, -0.2) is 20.1 Å². The molecule has 0 bridgehead atoms. The highest BCUT2D eigenvalue weighted by molar-refractivity contribution is 5.47. The number of benzene rings is 1. The summed E-state index contributed by atoms with van der Waals surface area (Å²) in [6.07, 6.45) is 6.96. The Morgan fingerprint density at radius 3 is 2.60 bits per heavy atom. The fourth-order valence-electron chi connectivity index (χ4n) is 2.44. The van der Waals surface area contributed by atoms with Gasteiger partial charge in [-0.3, -0.25) is 4.98 Å². The number of nitrogens with zero attached hydrogens (tertiary/aromatic N) is 4. The molecular formula is C15H12N4O. The van der Waals surface area contributed by atoms with Crippen LogP contribution in [0.15, 0.2) is 53.4 Å². The normalized spacial score (nSPS) is 16.0. The second-order valence-corrected chi connectivity index (χ2v) is 4.96. The molecule has 0 unspecified atom stereocenters. The van der Waals surface area contributed by atoms with Crippen LogP contribution in [0.25, 0.3) is 11.5 Å². The molecule has 1 aliphatic carbocycles. The van der Waals surface area contributed by atoms with Gasteiger partial charge >= 0.3 is 0 Å². The first-order valence-corrected chi connectivity index (χ1v) is 6.55. The van der Waals surface area contributed by atoms with Gasteiger partial charge in [-0.15, -0.1) is 0 Å². The third kappa shape index (κ3) is 1.71. The largest absolute Gasteiger partial charge is 0.338 e. The van der Waals surface area contributed by atoms with Crippen LogP contribution in [0.2, 0.25) is 0 Å². The third-order valence-electron chi connectivity index (χ3n) is 3.70. The molecule has 0 saturated heterocycles. The van der Waals surface area contributed by atoms with Crippen LogP contribution in [-0.2, 0) is 5.41 Å². The summed E-state index contributed by atoms with van der Waals surface area (Å²) >= 11 is 0. The molecule has 0 radical (unpaired) electrons. The van der Waals surface area contributed by atoms with Crippen molar-refractivity contribution in [3.8, 4) is 11.5 Å². The summed E-state index contributed by atoms with van der Waals surface area (Å²) in [7, 11) is 0.